The van der Waals surface area contributed by atoms with E-state index >= 15 is 0 Å². The number of nitrogens with zero attached hydrogens (tertiary/aromatic N) is 2. The highest BCUT2D eigenvalue weighted by Gasteiger charge is 2.30. The lowest BCUT2D eigenvalue weighted by molar-refractivity contribution is -0.384. The average Bonchev–Trinajstić information content (AvgIpc) is 3.04. The quantitative estimate of drug-likeness (QED) is 0.600. The Labute approximate surface area is 104 Å². The third-order valence-electron chi connectivity index (χ3n) is 2.78. The zero-order chi connectivity index (χ0) is 13.3. The molecule has 0 saturated heterocycles. The number of aromatic nitrogens is 1. The highest BCUT2D eigenvalue weighted by atomic mass is 16.6. The Balaban J connectivity index is 2.19. The van der Waals surface area contributed by atoms with Gasteiger partial charge in [0, 0.05) is 18.7 Å². The van der Waals surface area contributed by atoms with Gasteiger partial charge in [-0.15, -0.1) is 0 Å². The molecule has 0 bridgehead atoms. The van der Waals surface area contributed by atoms with Gasteiger partial charge in [-0.2, -0.15) is 0 Å². The van der Waals surface area contributed by atoms with Crippen LogP contribution in [0.3, 0.4) is 0 Å². The molecule has 1 heterocycles. The minimum Gasteiger partial charge on any atom is -0.392 e. The number of aliphatic hydroxyl groups excluding tert-OH is 1. The number of amides is 1. The molecule has 0 radical (unpaired) electrons. The zero-order valence-electron chi connectivity index (χ0n) is 10.00. The predicted molar refractivity (Wildman–Crippen MR) is 63.4 cm³/mol. The number of hydrogen-bond acceptors (Lipinski definition) is 4. The Morgan fingerprint density at radius 3 is 2.89 bits per heavy atom. The molecule has 7 heteroatoms. The van der Waals surface area contributed by atoms with E-state index in [1.807, 2.05) is 0 Å². The summed E-state index contributed by atoms with van der Waals surface area (Å²) in [6, 6.07) is 1.46. The van der Waals surface area contributed by atoms with Gasteiger partial charge in [-0.1, -0.05) is 0 Å². The van der Waals surface area contributed by atoms with Crippen LogP contribution in [0, 0.1) is 10.1 Å². The van der Waals surface area contributed by atoms with Crippen molar-refractivity contribution in [2.24, 2.45) is 0 Å². The molecule has 0 aromatic carbocycles. The van der Waals surface area contributed by atoms with E-state index in [9.17, 15) is 14.9 Å². The second kappa shape index (κ2) is 4.77. The average molecular weight is 253 g/mol. The number of aliphatic hydroxyl groups is 1. The van der Waals surface area contributed by atoms with Crippen molar-refractivity contribution in [3.8, 4) is 0 Å². The van der Waals surface area contributed by atoms with Gasteiger partial charge in [0.15, 0.2) is 0 Å². The van der Waals surface area contributed by atoms with Crippen molar-refractivity contribution in [1.82, 2.24) is 9.88 Å². The molecular weight excluding hydrogens is 238 g/mol. The minimum atomic E-state index is -0.645. The minimum absolute atomic E-state index is 0.0795. The number of hydrogen-bond donors (Lipinski definition) is 2. The molecule has 1 aromatic rings. The van der Waals surface area contributed by atoms with Crippen LogP contribution in [0.25, 0.3) is 0 Å². The Hall–Kier alpha value is -1.89. The molecule has 0 spiro atoms. The van der Waals surface area contributed by atoms with Gasteiger partial charge in [0.2, 0.25) is 0 Å². The van der Waals surface area contributed by atoms with Gasteiger partial charge in [0.25, 0.3) is 11.6 Å². The summed E-state index contributed by atoms with van der Waals surface area (Å²) in [6.45, 7) is 1.69. The van der Waals surface area contributed by atoms with Crippen molar-refractivity contribution >= 4 is 11.6 Å². The fourth-order valence-corrected chi connectivity index (χ4v) is 1.73. The van der Waals surface area contributed by atoms with Gasteiger partial charge in [-0.3, -0.25) is 14.9 Å². The topological polar surface area (TPSA) is 97.4 Å². The van der Waals surface area contributed by atoms with E-state index in [1.165, 1.54) is 12.3 Å². The van der Waals surface area contributed by atoms with Crippen molar-refractivity contribution < 1.29 is 14.8 Å². The molecule has 98 valence electrons. The van der Waals surface area contributed by atoms with Crippen LogP contribution in [-0.4, -0.2) is 33.2 Å². The third kappa shape index (κ3) is 2.67. The highest BCUT2D eigenvalue weighted by Crippen LogP contribution is 2.37. The van der Waals surface area contributed by atoms with Crippen molar-refractivity contribution in [2.75, 3.05) is 6.54 Å². The number of carbonyl (C=O) groups excluding carboxylic acids is 1. The maximum absolute atomic E-state index is 11.9. The van der Waals surface area contributed by atoms with Crippen LogP contribution >= 0.6 is 0 Å². The van der Waals surface area contributed by atoms with Gasteiger partial charge in [0.05, 0.1) is 17.2 Å². The summed E-state index contributed by atoms with van der Waals surface area (Å²) >= 11 is 0. The van der Waals surface area contributed by atoms with Crippen molar-refractivity contribution in [1.29, 1.82) is 0 Å². The molecule has 1 saturated carbocycles. The Kier molecular flexibility index (Phi) is 3.33. The first kappa shape index (κ1) is 12.6. The zero-order valence-corrected chi connectivity index (χ0v) is 10.00. The van der Waals surface area contributed by atoms with E-state index in [1.54, 1.807) is 11.5 Å². The number of nitro groups is 1. The summed E-state index contributed by atoms with van der Waals surface area (Å²) in [4.78, 5) is 22.1. The molecule has 1 aliphatic rings. The Morgan fingerprint density at radius 1 is 1.72 bits per heavy atom. The summed E-state index contributed by atoms with van der Waals surface area (Å²) < 4.78 is 1.65. The molecule has 7 nitrogen and oxygen atoms in total. The molecule has 1 unspecified atom stereocenters. The third-order valence-corrected chi connectivity index (χ3v) is 2.78. The van der Waals surface area contributed by atoms with Crippen LogP contribution < -0.4 is 5.32 Å². The monoisotopic (exact) mass is 253 g/mol. The summed E-state index contributed by atoms with van der Waals surface area (Å²) in [5.41, 5.74) is 0.203. The largest absolute Gasteiger partial charge is 0.392 e. The number of nitrogens with one attached hydrogen (secondary N) is 1. The molecular formula is C11H15N3O4. The van der Waals surface area contributed by atoms with E-state index in [2.05, 4.69) is 5.32 Å². The van der Waals surface area contributed by atoms with Crippen molar-refractivity contribution in [3.05, 3.63) is 28.1 Å². The van der Waals surface area contributed by atoms with Crippen molar-refractivity contribution in [2.45, 2.75) is 31.9 Å². The lowest BCUT2D eigenvalue weighted by Crippen LogP contribution is -2.31. The maximum atomic E-state index is 11.9. The van der Waals surface area contributed by atoms with Gasteiger partial charge in [-0.25, -0.2) is 0 Å². The maximum Gasteiger partial charge on any atom is 0.287 e. The van der Waals surface area contributed by atoms with Crippen LogP contribution in [0.4, 0.5) is 5.69 Å². The van der Waals surface area contributed by atoms with Crippen LogP contribution in [0.2, 0.25) is 0 Å². The van der Waals surface area contributed by atoms with Gasteiger partial charge >= 0.3 is 0 Å². The molecule has 0 aliphatic heterocycles. The summed E-state index contributed by atoms with van der Waals surface area (Å²) in [6.07, 6.45) is 2.62. The van der Waals surface area contributed by atoms with E-state index in [0.29, 0.717) is 0 Å². The molecule has 1 atom stereocenters. The summed E-state index contributed by atoms with van der Waals surface area (Å²) in [5, 5.41) is 22.4. The van der Waals surface area contributed by atoms with Crippen LogP contribution in [-0.2, 0) is 0 Å². The summed E-state index contributed by atoms with van der Waals surface area (Å²) in [5.74, 6) is -0.393. The van der Waals surface area contributed by atoms with Gasteiger partial charge in [-0.05, 0) is 19.8 Å². The fourth-order valence-electron chi connectivity index (χ4n) is 1.73. The smallest absolute Gasteiger partial charge is 0.287 e. The van der Waals surface area contributed by atoms with Crippen LogP contribution in [0.5, 0.6) is 0 Å². The molecule has 1 aromatic heterocycles. The lowest BCUT2D eigenvalue weighted by Gasteiger charge is -2.09. The fraction of sp³-hybridized carbons (Fsp3) is 0.545. The molecule has 2 N–H and O–H groups in total. The SMILES string of the molecule is CC(O)CNC(=O)c1cc([N+](=O)[O-])cn1C1CC1. The number of carbonyl (C=O) groups is 1. The van der Waals surface area contributed by atoms with E-state index < -0.39 is 16.9 Å². The van der Waals surface area contributed by atoms with Crippen molar-refractivity contribution in [3.63, 3.8) is 0 Å². The second-order valence-electron chi connectivity index (χ2n) is 4.54. The Morgan fingerprint density at radius 2 is 2.39 bits per heavy atom. The lowest BCUT2D eigenvalue weighted by atomic mass is 10.3. The first-order valence-electron chi connectivity index (χ1n) is 5.81. The van der Waals surface area contributed by atoms with Crippen LogP contribution in [0.1, 0.15) is 36.3 Å². The summed E-state index contributed by atoms with van der Waals surface area (Å²) in [7, 11) is 0. The highest BCUT2D eigenvalue weighted by molar-refractivity contribution is 5.93. The first-order valence-corrected chi connectivity index (χ1v) is 5.81. The standard InChI is InChI=1S/C11H15N3O4/c1-7(15)5-12-11(16)10-4-9(14(17)18)6-13(10)8-2-3-8/h4,6-8,15H,2-3,5H2,1H3,(H,12,16). The van der Waals surface area contributed by atoms with Gasteiger partial charge < -0.3 is 15.0 Å². The number of rotatable bonds is 5. The second-order valence-corrected chi connectivity index (χ2v) is 4.54. The van der Waals surface area contributed by atoms with Crippen LogP contribution in [0.15, 0.2) is 12.3 Å². The normalized spacial score (nSPS) is 16.3. The van der Waals surface area contributed by atoms with E-state index in [-0.39, 0.29) is 24.0 Å². The van der Waals surface area contributed by atoms with E-state index in [4.69, 9.17) is 5.11 Å². The van der Waals surface area contributed by atoms with Gasteiger partial charge in [0.1, 0.15) is 5.69 Å². The molecule has 1 fully saturated rings. The molecule has 18 heavy (non-hydrogen) atoms. The van der Waals surface area contributed by atoms with E-state index in [0.717, 1.165) is 12.8 Å². The first-order chi connectivity index (χ1) is 8.49. The molecule has 1 aliphatic carbocycles. The predicted octanol–water partition coefficient (Wildman–Crippen LogP) is 0.842. The molecule has 2 rings (SSSR count). The molecule has 1 amide bonds. The Bertz CT molecular complexity index is 477.